The molecule has 0 radical (unpaired) electrons. The number of imidazole rings is 1. The number of phenols is 1. The molecule has 27 heavy (non-hydrogen) atoms. The van der Waals surface area contributed by atoms with E-state index in [0.29, 0.717) is 17.9 Å². The molecule has 0 amide bonds. The van der Waals surface area contributed by atoms with Crippen LogP contribution >= 0.6 is 0 Å². The number of nitrogens with one attached hydrogen (secondary N) is 1. The monoisotopic (exact) mass is 375 g/mol. The molecule has 3 atom stereocenters. The maximum absolute atomic E-state index is 10.3. The SMILES string of the molecule is OCCC(O)C(O)C(O)n1cnc2c(NCc3cccc(O)c3)ncnc21. The Labute approximate surface area is 154 Å². The van der Waals surface area contributed by atoms with Crippen LogP contribution in [0.5, 0.6) is 5.75 Å². The molecule has 0 saturated heterocycles. The maximum Gasteiger partial charge on any atom is 0.167 e. The average Bonchev–Trinajstić information content (AvgIpc) is 3.10. The summed E-state index contributed by atoms with van der Waals surface area (Å²) < 4.78 is 1.22. The topological polar surface area (TPSA) is 157 Å². The number of aliphatic hydroxyl groups excluding tert-OH is 4. The lowest BCUT2D eigenvalue weighted by Crippen LogP contribution is -2.35. The molecule has 10 nitrogen and oxygen atoms in total. The number of aromatic nitrogens is 4. The van der Waals surface area contributed by atoms with Gasteiger partial charge in [-0.15, -0.1) is 0 Å². The second-order valence-electron chi connectivity index (χ2n) is 6.05. The van der Waals surface area contributed by atoms with Crippen LogP contribution in [-0.4, -0.2) is 63.9 Å². The number of fused-ring (bicyclic) bond motifs is 1. The number of hydrogen-bond acceptors (Lipinski definition) is 9. The van der Waals surface area contributed by atoms with Gasteiger partial charge in [0.1, 0.15) is 18.2 Å². The molecule has 0 fully saturated rings. The first-order valence-electron chi connectivity index (χ1n) is 8.35. The molecule has 2 aromatic heterocycles. The lowest BCUT2D eigenvalue weighted by Gasteiger charge is -2.23. The zero-order valence-electron chi connectivity index (χ0n) is 14.3. The fourth-order valence-corrected chi connectivity index (χ4v) is 2.69. The van der Waals surface area contributed by atoms with Crippen molar-refractivity contribution >= 4 is 17.0 Å². The van der Waals surface area contributed by atoms with E-state index in [9.17, 15) is 20.4 Å². The zero-order chi connectivity index (χ0) is 19.4. The number of rotatable bonds is 8. The highest BCUT2D eigenvalue weighted by Crippen LogP contribution is 2.23. The van der Waals surface area contributed by atoms with Crippen molar-refractivity contribution in [2.45, 2.75) is 31.4 Å². The number of anilines is 1. The van der Waals surface area contributed by atoms with Gasteiger partial charge in [-0.05, 0) is 24.1 Å². The van der Waals surface area contributed by atoms with Crippen LogP contribution in [0.2, 0.25) is 0 Å². The third-order valence-corrected chi connectivity index (χ3v) is 4.14. The second kappa shape index (κ2) is 8.27. The normalized spacial score (nSPS) is 14.8. The standard InChI is InChI=1S/C17H21N5O5/c23-5-4-12(25)14(26)17(27)22-9-21-13-15(19-8-20-16(13)22)18-7-10-2-1-3-11(24)6-10/h1-3,6,8-9,12,14,17,23-27H,4-5,7H2,(H,18,19,20). The van der Waals surface area contributed by atoms with Crippen molar-refractivity contribution in [3.63, 3.8) is 0 Å². The van der Waals surface area contributed by atoms with Gasteiger partial charge in [-0.25, -0.2) is 15.0 Å². The third-order valence-electron chi connectivity index (χ3n) is 4.14. The molecule has 2 heterocycles. The Bertz CT molecular complexity index is 902. The Kier molecular flexibility index (Phi) is 5.81. The van der Waals surface area contributed by atoms with Gasteiger partial charge in [-0.2, -0.15) is 0 Å². The van der Waals surface area contributed by atoms with Gasteiger partial charge in [0.15, 0.2) is 23.2 Å². The van der Waals surface area contributed by atoms with E-state index in [0.717, 1.165) is 5.56 Å². The highest BCUT2D eigenvalue weighted by molar-refractivity contribution is 5.82. The minimum Gasteiger partial charge on any atom is -0.508 e. The Balaban J connectivity index is 1.81. The molecular formula is C17H21N5O5. The van der Waals surface area contributed by atoms with Gasteiger partial charge in [-0.1, -0.05) is 12.1 Å². The molecule has 1 aromatic carbocycles. The summed E-state index contributed by atoms with van der Waals surface area (Å²) in [6, 6.07) is 6.76. The van der Waals surface area contributed by atoms with Crippen LogP contribution < -0.4 is 5.32 Å². The Morgan fingerprint density at radius 2 is 1.93 bits per heavy atom. The quantitative estimate of drug-likeness (QED) is 0.312. The second-order valence-corrected chi connectivity index (χ2v) is 6.05. The first kappa shape index (κ1) is 19.0. The van der Waals surface area contributed by atoms with Gasteiger partial charge in [-0.3, -0.25) is 4.57 Å². The van der Waals surface area contributed by atoms with E-state index in [4.69, 9.17) is 5.11 Å². The van der Waals surface area contributed by atoms with Crippen molar-refractivity contribution in [1.82, 2.24) is 19.5 Å². The molecule has 0 bridgehead atoms. The maximum atomic E-state index is 10.3. The average molecular weight is 375 g/mol. The van der Waals surface area contributed by atoms with Crippen molar-refractivity contribution < 1.29 is 25.5 Å². The first-order chi connectivity index (χ1) is 13.0. The number of phenolic OH excluding ortho intramolecular Hbond substituents is 1. The van der Waals surface area contributed by atoms with Crippen LogP contribution in [0.4, 0.5) is 5.82 Å². The minimum atomic E-state index is -1.52. The smallest absolute Gasteiger partial charge is 0.167 e. The van der Waals surface area contributed by atoms with Crippen molar-refractivity contribution in [2.24, 2.45) is 0 Å². The lowest BCUT2D eigenvalue weighted by atomic mass is 10.1. The summed E-state index contributed by atoms with van der Waals surface area (Å²) >= 11 is 0. The van der Waals surface area contributed by atoms with Crippen LogP contribution in [0.1, 0.15) is 18.2 Å². The van der Waals surface area contributed by atoms with E-state index >= 15 is 0 Å². The highest BCUT2D eigenvalue weighted by atomic mass is 16.4. The van der Waals surface area contributed by atoms with Gasteiger partial charge in [0.25, 0.3) is 0 Å². The molecular weight excluding hydrogens is 354 g/mol. The molecule has 144 valence electrons. The van der Waals surface area contributed by atoms with Crippen LogP contribution in [0, 0.1) is 0 Å². The number of benzene rings is 1. The molecule has 6 N–H and O–H groups in total. The molecule has 0 aliphatic heterocycles. The molecule has 0 saturated carbocycles. The van der Waals surface area contributed by atoms with E-state index in [1.54, 1.807) is 18.2 Å². The number of nitrogens with zero attached hydrogens (tertiary/aromatic N) is 4. The summed E-state index contributed by atoms with van der Waals surface area (Å²) in [5, 5.41) is 51.6. The zero-order valence-corrected chi connectivity index (χ0v) is 14.3. The van der Waals surface area contributed by atoms with Crippen molar-refractivity contribution in [3.8, 4) is 5.75 Å². The summed E-state index contributed by atoms with van der Waals surface area (Å²) in [7, 11) is 0. The largest absolute Gasteiger partial charge is 0.508 e. The Hall–Kier alpha value is -2.79. The predicted molar refractivity (Wildman–Crippen MR) is 95.7 cm³/mol. The van der Waals surface area contributed by atoms with Crippen LogP contribution in [0.25, 0.3) is 11.2 Å². The fraction of sp³-hybridized carbons (Fsp3) is 0.353. The van der Waals surface area contributed by atoms with E-state index < -0.39 is 18.4 Å². The summed E-state index contributed by atoms with van der Waals surface area (Å²) in [6.45, 7) is 0.0642. The summed E-state index contributed by atoms with van der Waals surface area (Å²) in [5.74, 6) is 0.574. The van der Waals surface area contributed by atoms with E-state index in [1.807, 2.05) is 6.07 Å². The highest BCUT2D eigenvalue weighted by Gasteiger charge is 2.27. The van der Waals surface area contributed by atoms with Gasteiger partial charge < -0.3 is 30.8 Å². The molecule has 3 rings (SSSR count). The molecule has 3 aromatic rings. The van der Waals surface area contributed by atoms with Crippen LogP contribution in [-0.2, 0) is 6.54 Å². The minimum absolute atomic E-state index is 0.0729. The van der Waals surface area contributed by atoms with Crippen LogP contribution in [0.15, 0.2) is 36.9 Å². The molecule has 0 aliphatic rings. The Morgan fingerprint density at radius 1 is 1.11 bits per heavy atom. The predicted octanol–water partition coefficient (Wildman–Crippen LogP) is -0.261. The third kappa shape index (κ3) is 4.14. The molecule has 0 aliphatic carbocycles. The van der Waals surface area contributed by atoms with Crippen LogP contribution in [0.3, 0.4) is 0 Å². The van der Waals surface area contributed by atoms with Gasteiger partial charge in [0.2, 0.25) is 0 Å². The summed E-state index contributed by atoms with van der Waals surface area (Å²) in [4.78, 5) is 12.4. The van der Waals surface area contributed by atoms with E-state index in [1.165, 1.54) is 17.2 Å². The van der Waals surface area contributed by atoms with Crippen molar-refractivity contribution in [2.75, 3.05) is 11.9 Å². The van der Waals surface area contributed by atoms with Gasteiger partial charge >= 0.3 is 0 Å². The molecule has 10 heteroatoms. The summed E-state index contributed by atoms with van der Waals surface area (Å²) in [5.41, 5.74) is 1.48. The molecule has 3 unspecified atom stereocenters. The van der Waals surface area contributed by atoms with E-state index in [2.05, 4.69) is 20.3 Å². The molecule has 0 spiro atoms. The number of aliphatic hydroxyl groups is 4. The lowest BCUT2D eigenvalue weighted by molar-refractivity contribution is -0.0943. The first-order valence-corrected chi connectivity index (χ1v) is 8.35. The fourth-order valence-electron chi connectivity index (χ4n) is 2.69. The van der Waals surface area contributed by atoms with Crippen molar-refractivity contribution in [1.29, 1.82) is 0 Å². The van der Waals surface area contributed by atoms with Gasteiger partial charge in [0, 0.05) is 13.2 Å². The number of hydrogen-bond donors (Lipinski definition) is 6. The number of aromatic hydroxyl groups is 1. The van der Waals surface area contributed by atoms with E-state index in [-0.39, 0.29) is 24.4 Å². The Morgan fingerprint density at radius 3 is 2.67 bits per heavy atom. The van der Waals surface area contributed by atoms with Gasteiger partial charge in [0.05, 0.1) is 12.4 Å². The van der Waals surface area contributed by atoms with Crippen molar-refractivity contribution in [3.05, 3.63) is 42.5 Å². The summed E-state index contributed by atoms with van der Waals surface area (Å²) in [6.07, 6.45) is -1.81.